The first-order chi connectivity index (χ1) is 17.9. The average molecular weight is 516 g/mol. The van der Waals surface area contributed by atoms with Crippen molar-refractivity contribution in [3.8, 4) is 0 Å². The lowest BCUT2D eigenvalue weighted by atomic mass is 9.94. The zero-order chi connectivity index (χ0) is 25.9. The van der Waals surface area contributed by atoms with E-state index in [1.165, 1.54) is 49.1 Å². The van der Waals surface area contributed by atoms with Crippen molar-refractivity contribution in [2.45, 2.75) is 77.4 Å². The minimum absolute atomic E-state index is 0.0129. The molecule has 0 unspecified atom stereocenters. The van der Waals surface area contributed by atoms with Gasteiger partial charge >= 0.3 is 0 Å². The van der Waals surface area contributed by atoms with Gasteiger partial charge in [-0.05, 0) is 87.3 Å². The Hall–Kier alpha value is -3.19. The monoisotopic (exact) mass is 515 g/mol. The number of pyridine rings is 1. The van der Waals surface area contributed by atoms with Gasteiger partial charge < -0.3 is 20.1 Å². The van der Waals surface area contributed by atoms with Gasteiger partial charge in [-0.3, -0.25) is 9.78 Å². The molecule has 1 saturated heterocycles. The first-order valence-electron chi connectivity index (χ1n) is 13.5. The number of carbonyl (C=O) groups excluding carboxylic acids is 1. The molecule has 0 radical (unpaired) electrons. The fraction of sp³-hybridized carbons (Fsp3) is 0.433. The molecule has 1 aliphatic heterocycles. The second kappa shape index (κ2) is 11.1. The van der Waals surface area contributed by atoms with Gasteiger partial charge in [-0.1, -0.05) is 37.5 Å². The van der Waals surface area contributed by atoms with E-state index in [9.17, 15) is 4.79 Å². The van der Waals surface area contributed by atoms with Gasteiger partial charge in [-0.25, -0.2) is 0 Å². The van der Waals surface area contributed by atoms with Gasteiger partial charge in [0.15, 0.2) is 5.11 Å². The Balaban J connectivity index is 1.43. The van der Waals surface area contributed by atoms with Gasteiger partial charge in [-0.15, -0.1) is 0 Å². The molecule has 194 valence electrons. The van der Waals surface area contributed by atoms with E-state index in [0.717, 1.165) is 16.9 Å². The minimum atomic E-state index is -0.0751. The van der Waals surface area contributed by atoms with Crippen molar-refractivity contribution in [2.24, 2.45) is 0 Å². The molecule has 37 heavy (non-hydrogen) atoms. The van der Waals surface area contributed by atoms with Crippen molar-refractivity contribution < 1.29 is 4.79 Å². The molecule has 1 aromatic carbocycles. The third-order valence-electron chi connectivity index (χ3n) is 7.86. The molecule has 2 aromatic heterocycles. The van der Waals surface area contributed by atoms with Crippen LogP contribution in [0.5, 0.6) is 0 Å². The second-order valence-electron chi connectivity index (χ2n) is 10.5. The van der Waals surface area contributed by atoms with Crippen molar-refractivity contribution in [3.63, 3.8) is 0 Å². The molecule has 2 aliphatic rings. The molecule has 7 heteroatoms. The predicted octanol–water partition coefficient (Wildman–Crippen LogP) is 6.31. The highest BCUT2D eigenvalue weighted by molar-refractivity contribution is 7.80. The molecule has 3 heterocycles. The molecule has 1 saturated carbocycles. The van der Waals surface area contributed by atoms with Crippen LogP contribution in [0.4, 0.5) is 5.69 Å². The smallest absolute Gasteiger partial charge is 0.226 e. The maximum atomic E-state index is 12.9. The van der Waals surface area contributed by atoms with Gasteiger partial charge in [-0.2, -0.15) is 0 Å². The molecule has 2 N–H and O–H groups in total. The summed E-state index contributed by atoms with van der Waals surface area (Å²) < 4.78 is 2.55. The Morgan fingerprint density at radius 3 is 2.62 bits per heavy atom. The zero-order valence-corrected chi connectivity index (χ0v) is 22.9. The number of thiocarbonyl (C=S) groups is 1. The van der Waals surface area contributed by atoms with E-state index in [0.29, 0.717) is 24.1 Å². The van der Waals surface area contributed by atoms with Crippen LogP contribution in [0, 0.1) is 20.8 Å². The van der Waals surface area contributed by atoms with Gasteiger partial charge in [0.25, 0.3) is 0 Å². The van der Waals surface area contributed by atoms with Crippen LogP contribution in [0.25, 0.3) is 0 Å². The number of aryl methyl sites for hydroxylation is 2. The number of nitrogens with zero attached hydrogens (tertiary/aromatic N) is 3. The van der Waals surface area contributed by atoms with Crippen LogP contribution >= 0.6 is 12.2 Å². The Bertz CT molecular complexity index is 1260. The van der Waals surface area contributed by atoms with E-state index < -0.39 is 0 Å². The highest BCUT2D eigenvalue weighted by atomic mass is 32.1. The number of hydrogen-bond acceptors (Lipinski definition) is 3. The van der Waals surface area contributed by atoms with Crippen molar-refractivity contribution >= 4 is 28.9 Å². The van der Waals surface area contributed by atoms with E-state index >= 15 is 0 Å². The number of hydrogen-bond donors (Lipinski definition) is 2. The first-order valence-corrected chi connectivity index (χ1v) is 13.9. The molecular formula is C30H37N5OS. The van der Waals surface area contributed by atoms with Crippen LogP contribution in [0.2, 0.25) is 0 Å². The van der Waals surface area contributed by atoms with Crippen LogP contribution in [0.15, 0.2) is 54.7 Å². The van der Waals surface area contributed by atoms with Crippen LogP contribution < -0.4 is 10.6 Å². The summed E-state index contributed by atoms with van der Waals surface area (Å²) in [5.74, 6) is -0.0129. The Labute approximate surface area is 225 Å². The van der Waals surface area contributed by atoms with Crippen LogP contribution in [-0.2, 0) is 4.79 Å². The number of anilines is 1. The van der Waals surface area contributed by atoms with Gasteiger partial charge in [0.05, 0.1) is 17.8 Å². The van der Waals surface area contributed by atoms with E-state index in [1.54, 1.807) is 0 Å². The molecule has 0 spiro atoms. The molecule has 1 amide bonds. The SMILES string of the molecule is Cc1cccc(NC(=O)CCN2C(=S)N[C@H](c3ccccn3)[C@@H]2c2cc(C)n(C3CCCCC3)c2C)c1. The molecular weight excluding hydrogens is 478 g/mol. The fourth-order valence-corrected chi connectivity index (χ4v) is 6.49. The summed E-state index contributed by atoms with van der Waals surface area (Å²) in [5, 5.41) is 7.25. The van der Waals surface area contributed by atoms with E-state index in [4.69, 9.17) is 12.2 Å². The van der Waals surface area contributed by atoms with Crippen molar-refractivity contribution in [3.05, 3.63) is 82.9 Å². The highest BCUT2D eigenvalue weighted by Gasteiger charge is 2.41. The fourth-order valence-electron chi connectivity index (χ4n) is 6.16. The molecule has 2 atom stereocenters. The summed E-state index contributed by atoms with van der Waals surface area (Å²) in [6, 6.07) is 16.7. The lowest BCUT2D eigenvalue weighted by Crippen LogP contribution is -2.33. The maximum absolute atomic E-state index is 12.9. The number of rotatable bonds is 7. The maximum Gasteiger partial charge on any atom is 0.226 e. The summed E-state index contributed by atoms with van der Waals surface area (Å²) in [5.41, 5.74) is 6.78. The molecule has 3 aromatic rings. The van der Waals surface area contributed by atoms with E-state index in [1.807, 2.05) is 49.5 Å². The Kier molecular flexibility index (Phi) is 7.60. The number of amides is 1. The zero-order valence-electron chi connectivity index (χ0n) is 22.0. The highest BCUT2D eigenvalue weighted by Crippen LogP contribution is 2.42. The number of carbonyl (C=O) groups is 1. The van der Waals surface area contributed by atoms with Crippen molar-refractivity contribution in [1.29, 1.82) is 0 Å². The largest absolute Gasteiger partial charge is 0.352 e. The number of aromatic nitrogens is 2. The number of nitrogens with one attached hydrogen (secondary N) is 2. The summed E-state index contributed by atoms with van der Waals surface area (Å²) in [7, 11) is 0. The normalized spacial score (nSPS) is 20.2. The summed E-state index contributed by atoms with van der Waals surface area (Å²) in [4.78, 5) is 19.8. The Morgan fingerprint density at radius 1 is 1.08 bits per heavy atom. The summed E-state index contributed by atoms with van der Waals surface area (Å²) in [6.45, 7) is 7.03. The van der Waals surface area contributed by atoms with Gasteiger partial charge in [0, 0.05) is 42.3 Å². The first kappa shape index (κ1) is 25.5. The van der Waals surface area contributed by atoms with Crippen LogP contribution in [0.3, 0.4) is 0 Å². The topological polar surface area (TPSA) is 62.2 Å². The average Bonchev–Trinajstić information content (AvgIpc) is 3.38. The van der Waals surface area contributed by atoms with Crippen molar-refractivity contribution in [1.82, 2.24) is 19.8 Å². The lowest BCUT2D eigenvalue weighted by Gasteiger charge is -2.29. The predicted molar refractivity (Wildman–Crippen MR) is 153 cm³/mol. The van der Waals surface area contributed by atoms with Gasteiger partial charge in [0.1, 0.15) is 0 Å². The summed E-state index contributed by atoms with van der Waals surface area (Å²) in [6.07, 6.45) is 8.59. The third kappa shape index (κ3) is 5.42. The van der Waals surface area contributed by atoms with E-state index in [-0.39, 0.29) is 18.0 Å². The lowest BCUT2D eigenvalue weighted by molar-refractivity contribution is -0.116. The second-order valence-corrected chi connectivity index (χ2v) is 10.9. The molecule has 0 bridgehead atoms. The standard InChI is InChI=1S/C30H37N5OS/c1-20-10-9-11-23(18-20)32-27(36)15-17-34-29(28(33-30(34)37)26-14-7-8-16-31-26)25-19-21(2)35(22(25)3)24-12-5-4-6-13-24/h7-11,14,16,18-19,24,28-29H,4-6,12-13,15,17H2,1-3H3,(H,32,36)(H,33,37)/t28-,29+/m1/s1. The van der Waals surface area contributed by atoms with Gasteiger partial charge in [0.2, 0.25) is 5.91 Å². The Morgan fingerprint density at radius 2 is 1.89 bits per heavy atom. The minimum Gasteiger partial charge on any atom is -0.352 e. The van der Waals surface area contributed by atoms with Crippen LogP contribution in [0.1, 0.15) is 84.9 Å². The third-order valence-corrected chi connectivity index (χ3v) is 8.21. The summed E-state index contributed by atoms with van der Waals surface area (Å²) >= 11 is 5.85. The van der Waals surface area contributed by atoms with E-state index in [2.05, 4.69) is 51.1 Å². The number of benzene rings is 1. The quantitative estimate of drug-likeness (QED) is 0.361. The van der Waals surface area contributed by atoms with Crippen molar-refractivity contribution in [2.75, 3.05) is 11.9 Å². The molecule has 2 fully saturated rings. The molecule has 5 rings (SSSR count). The molecule has 1 aliphatic carbocycles. The molecule has 6 nitrogen and oxygen atoms in total. The van der Waals surface area contributed by atoms with Crippen LogP contribution in [-0.4, -0.2) is 32.0 Å².